The van der Waals surface area contributed by atoms with E-state index in [1.165, 1.54) is 4.88 Å². The Hall–Kier alpha value is -2.88. The molecule has 1 atom stereocenters. The Morgan fingerprint density at radius 2 is 2.12 bits per heavy atom. The fraction of sp³-hybridized carbons (Fsp3) is 0.417. The van der Waals surface area contributed by atoms with Gasteiger partial charge in [0, 0.05) is 36.2 Å². The number of benzene rings is 1. The number of hydrogen-bond acceptors (Lipinski definition) is 7. The minimum atomic E-state index is -0.0569. The van der Waals surface area contributed by atoms with Crippen LogP contribution in [0.15, 0.2) is 46.6 Å². The molecule has 3 aromatic heterocycles. The second-order valence-electron chi connectivity index (χ2n) is 8.26. The average Bonchev–Trinajstić information content (AvgIpc) is 3.48. The number of ether oxygens (including phenoxy) is 1. The molecule has 0 saturated carbocycles. The Kier molecular flexibility index (Phi) is 7.64. The van der Waals surface area contributed by atoms with E-state index in [0.29, 0.717) is 26.2 Å². The second kappa shape index (κ2) is 10.8. The SMILES string of the molecule is CCC[C@@H](c1nnnn1CCOC)N(Cc1cccs1)Cc1cc2ccc(C)cc2[nH]c1=O. The van der Waals surface area contributed by atoms with Crippen molar-refractivity contribution in [2.75, 3.05) is 13.7 Å². The average molecular weight is 467 g/mol. The van der Waals surface area contributed by atoms with Crippen LogP contribution in [-0.2, 0) is 24.4 Å². The number of fused-ring (bicyclic) bond motifs is 1. The van der Waals surface area contributed by atoms with Gasteiger partial charge in [-0.1, -0.05) is 31.5 Å². The van der Waals surface area contributed by atoms with Gasteiger partial charge in [-0.2, -0.15) is 0 Å². The molecule has 0 unspecified atom stereocenters. The van der Waals surface area contributed by atoms with Gasteiger partial charge in [-0.3, -0.25) is 9.69 Å². The molecule has 0 aliphatic heterocycles. The number of hydrogen-bond donors (Lipinski definition) is 1. The highest BCUT2D eigenvalue weighted by atomic mass is 32.1. The molecule has 0 saturated heterocycles. The molecule has 0 aliphatic rings. The minimum absolute atomic E-state index is 0.0305. The Labute approximate surface area is 197 Å². The van der Waals surface area contributed by atoms with E-state index in [2.05, 4.69) is 62.0 Å². The number of rotatable bonds is 11. The smallest absolute Gasteiger partial charge is 0.252 e. The molecule has 3 heterocycles. The van der Waals surface area contributed by atoms with Crippen molar-refractivity contribution in [2.24, 2.45) is 0 Å². The van der Waals surface area contributed by atoms with E-state index in [1.807, 2.05) is 23.7 Å². The van der Waals surface area contributed by atoms with Crippen molar-refractivity contribution in [1.29, 1.82) is 0 Å². The second-order valence-corrected chi connectivity index (χ2v) is 9.29. The quantitative estimate of drug-likeness (QED) is 0.358. The number of nitrogens with one attached hydrogen (secondary N) is 1. The standard InChI is InChI=1S/C24H30N6O2S/c1-4-6-22(23-26-27-28-30(23)10-11-32-3)29(16-20-7-5-12-33-20)15-19-14-18-9-8-17(2)13-21(18)25-24(19)31/h5,7-9,12-14,22H,4,6,10-11,15-16H2,1-3H3,(H,25,31)/t22-/m0/s1. The molecule has 0 radical (unpaired) electrons. The van der Waals surface area contributed by atoms with E-state index in [0.717, 1.165) is 40.7 Å². The van der Waals surface area contributed by atoms with Gasteiger partial charge in [0.2, 0.25) is 0 Å². The van der Waals surface area contributed by atoms with Gasteiger partial charge in [-0.25, -0.2) is 4.68 Å². The Balaban J connectivity index is 1.72. The topological polar surface area (TPSA) is 88.9 Å². The van der Waals surface area contributed by atoms with Crippen LogP contribution in [-0.4, -0.2) is 43.8 Å². The first-order chi connectivity index (χ1) is 16.1. The maximum absolute atomic E-state index is 13.0. The van der Waals surface area contributed by atoms with Crippen LogP contribution in [0.2, 0.25) is 0 Å². The fourth-order valence-corrected chi connectivity index (χ4v) is 4.84. The number of aromatic amines is 1. The summed E-state index contributed by atoms with van der Waals surface area (Å²) >= 11 is 1.71. The number of pyridine rings is 1. The molecule has 174 valence electrons. The van der Waals surface area contributed by atoms with Gasteiger partial charge in [-0.15, -0.1) is 16.4 Å². The maximum atomic E-state index is 13.0. The van der Waals surface area contributed by atoms with Crippen LogP contribution < -0.4 is 5.56 Å². The maximum Gasteiger partial charge on any atom is 0.252 e. The summed E-state index contributed by atoms with van der Waals surface area (Å²) in [6.45, 7) is 6.51. The lowest BCUT2D eigenvalue weighted by Crippen LogP contribution is -2.32. The Bertz CT molecular complexity index is 1230. The van der Waals surface area contributed by atoms with Crippen molar-refractivity contribution >= 4 is 22.2 Å². The summed E-state index contributed by atoms with van der Waals surface area (Å²) in [7, 11) is 1.67. The zero-order chi connectivity index (χ0) is 23.2. The summed E-state index contributed by atoms with van der Waals surface area (Å²) in [5.74, 6) is 0.804. The van der Waals surface area contributed by atoms with Gasteiger partial charge < -0.3 is 9.72 Å². The summed E-state index contributed by atoms with van der Waals surface area (Å²) in [6.07, 6.45) is 1.85. The van der Waals surface area contributed by atoms with Crippen molar-refractivity contribution in [3.63, 3.8) is 0 Å². The van der Waals surface area contributed by atoms with E-state index in [4.69, 9.17) is 4.74 Å². The van der Waals surface area contributed by atoms with Gasteiger partial charge >= 0.3 is 0 Å². The lowest BCUT2D eigenvalue weighted by molar-refractivity contribution is 0.148. The lowest BCUT2D eigenvalue weighted by atomic mass is 10.1. The molecule has 4 aromatic rings. The first-order valence-electron chi connectivity index (χ1n) is 11.2. The summed E-state index contributed by atoms with van der Waals surface area (Å²) in [5.41, 5.74) is 2.66. The van der Waals surface area contributed by atoms with Crippen molar-refractivity contribution in [2.45, 2.75) is 52.4 Å². The lowest BCUT2D eigenvalue weighted by Gasteiger charge is -2.30. The zero-order valence-electron chi connectivity index (χ0n) is 19.3. The molecule has 9 heteroatoms. The van der Waals surface area contributed by atoms with Crippen molar-refractivity contribution < 1.29 is 4.74 Å². The van der Waals surface area contributed by atoms with Gasteiger partial charge in [0.1, 0.15) is 0 Å². The fourth-order valence-electron chi connectivity index (χ4n) is 4.11. The van der Waals surface area contributed by atoms with Crippen molar-refractivity contribution in [1.82, 2.24) is 30.1 Å². The minimum Gasteiger partial charge on any atom is -0.383 e. The number of thiophene rings is 1. The predicted molar refractivity (Wildman–Crippen MR) is 130 cm³/mol. The molecule has 1 aromatic carbocycles. The van der Waals surface area contributed by atoms with Crippen LogP contribution in [0, 0.1) is 6.92 Å². The molecule has 8 nitrogen and oxygen atoms in total. The van der Waals surface area contributed by atoms with Gasteiger partial charge in [0.15, 0.2) is 5.82 Å². The number of tetrazole rings is 1. The third kappa shape index (κ3) is 5.55. The van der Waals surface area contributed by atoms with E-state index in [-0.39, 0.29) is 11.6 Å². The Morgan fingerprint density at radius 1 is 1.24 bits per heavy atom. The summed E-state index contributed by atoms with van der Waals surface area (Å²) < 4.78 is 7.06. The van der Waals surface area contributed by atoms with Crippen LogP contribution in [0.3, 0.4) is 0 Å². The summed E-state index contributed by atoms with van der Waals surface area (Å²) in [6, 6.07) is 12.3. The number of H-pyrrole nitrogens is 1. The molecular formula is C24H30N6O2S. The first-order valence-corrected chi connectivity index (χ1v) is 12.1. The molecule has 0 aliphatic carbocycles. The van der Waals surface area contributed by atoms with Crippen molar-refractivity contribution in [3.05, 3.63) is 74.0 Å². The molecule has 1 N–H and O–H groups in total. The van der Waals surface area contributed by atoms with E-state index in [9.17, 15) is 4.79 Å². The van der Waals surface area contributed by atoms with Crippen molar-refractivity contribution in [3.8, 4) is 0 Å². The Morgan fingerprint density at radius 3 is 2.88 bits per heavy atom. The van der Waals surface area contributed by atoms with E-state index in [1.54, 1.807) is 18.4 Å². The van der Waals surface area contributed by atoms with Crippen LogP contribution in [0.25, 0.3) is 10.9 Å². The number of nitrogens with zero attached hydrogens (tertiary/aromatic N) is 5. The summed E-state index contributed by atoms with van der Waals surface area (Å²) in [5, 5.41) is 15.6. The molecule has 33 heavy (non-hydrogen) atoms. The molecule has 0 amide bonds. The number of methoxy groups -OCH3 is 1. The highest BCUT2D eigenvalue weighted by Gasteiger charge is 2.27. The molecular weight excluding hydrogens is 436 g/mol. The van der Waals surface area contributed by atoms with Crippen LogP contribution in [0.5, 0.6) is 0 Å². The number of aromatic nitrogens is 5. The normalized spacial score (nSPS) is 12.6. The van der Waals surface area contributed by atoms with Crippen LogP contribution in [0.4, 0.5) is 0 Å². The molecule has 0 bridgehead atoms. The third-order valence-corrected chi connectivity index (χ3v) is 6.62. The first kappa shape index (κ1) is 23.3. The summed E-state index contributed by atoms with van der Waals surface area (Å²) in [4.78, 5) is 19.6. The largest absolute Gasteiger partial charge is 0.383 e. The molecule has 4 rings (SSSR count). The molecule has 0 spiro atoms. The van der Waals surface area contributed by atoms with Gasteiger partial charge in [0.25, 0.3) is 5.56 Å². The van der Waals surface area contributed by atoms with Gasteiger partial charge in [0.05, 0.1) is 19.2 Å². The van der Waals surface area contributed by atoms with Gasteiger partial charge in [-0.05, 0) is 58.3 Å². The number of aryl methyl sites for hydroxylation is 1. The highest BCUT2D eigenvalue weighted by molar-refractivity contribution is 7.09. The molecule has 0 fully saturated rings. The van der Waals surface area contributed by atoms with E-state index < -0.39 is 0 Å². The van der Waals surface area contributed by atoms with E-state index >= 15 is 0 Å². The van der Waals surface area contributed by atoms with Crippen LogP contribution in [0.1, 0.15) is 47.6 Å². The zero-order valence-corrected chi connectivity index (χ0v) is 20.1. The third-order valence-electron chi connectivity index (χ3n) is 5.76. The monoisotopic (exact) mass is 466 g/mol. The van der Waals surface area contributed by atoms with Crippen LogP contribution >= 0.6 is 11.3 Å². The highest BCUT2D eigenvalue weighted by Crippen LogP contribution is 2.29. The predicted octanol–water partition coefficient (Wildman–Crippen LogP) is 4.07.